The summed E-state index contributed by atoms with van der Waals surface area (Å²) in [5.74, 6) is 1.33. The van der Waals surface area contributed by atoms with Crippen LogP contribution in [-0.4, -0.2) is 58.6 Å². The summed E-state index contributed by atoms with van der Waals surface area (Å²) in [6.07, 6.45) is 0.714. The Morgan fingerprint density at radius 2 is 1.79 bits per heavy atom. The third kappa shape index (κ3) is 4.28. The predicted octanol–water partition coefficient (Wildman–Crippen LogP) is 3.05. The topological polar surface area (TPSA) is 62.5 Å². The van der Waals surface area contributed by atoms with E-state index in [0.717, 1.165) is 49.4 Å². The van der Waals surface area contributed by atoms with E-state index in [2.05, 4.69) is 15.1 Å². The Labute approximate surface area is 164 Å². The number of nitrogens with zero attached hydrogens (tertiary/aromatic N) is 4. The van der Waals surface area contributed by atoms with E-state index in [4.69, 9.17) is 4.42 Å². The molecule has 0 unspecified atom stereocenters. The third-order valence-corrected chi connectivity index (χ3v) is 5.05. The maximum absolute atomic E-state index is 12.6. The summed E-state index contributed by atoms with van der Waals surface area (Å²) in [5.41, 5.74) is 2.82. The molecule has 3 aromatic rings. The Bertz CT molecular complexity index is 930. The minimum absolute atomic E-state index is 0.118. The summed E-state index contributed by atoms with van der Waals surface area (Å²) in [5, 5.41) is 8.30. The van der Waals surface area contributed by atoms with Gasteiger partial charge >= 0.3 is 0 Å². The fourth-order valence-corrected chi connectivity index (χ4v) is 3.44. The molecule has 1 aromatic heterocycles. The van der Waals surface area contributed by atoms with Gasteiger partial charge in [0.05, 0.1) is 0 Å². The van der Waals surface area contributed by atoms with Crippen LogP contribution in [0.2, 0.25) is 0 Å². The molecule has 4 rings (SSSR count). The summed E-state index contributed by atoms with van der Waals surface area (Å²) in [7, 11) is 0. The minimum Gasteiger partial charge on any atom is -0.421 e. The SMILES string of the molecule is Cc1cccc(C(=O)N2CCN(CCc3nnc(-c4ccccc4)o3)CC2)c1. The molecule has 0 saturated carbocycles. The number of piperazine rings is 1. The van der Waals surface area contributed by atoms with Crippen LogP contribution in [0, 0.1) is 6.92 Å². The highest BCUT2D eigenvalue weighted by molar-refractivity contribution is 5.94. The number of carbonyl (C=O) groups excluding carboxylic acids is 1. The number of carbonyl (C=O) groups is 1. The van der Waals surface area contributed by atoms with Crippen molar-refractivity contribution >= 4 is 5.91 Å². The second kappa shape index (κ2) is 8.35. The van der Waals surface area contributed by atoms with Crippen molar-refractivity contribution in [3.63, 3.8) is 0 Å². The molecule has 144 valence electrons. The molecule has 1 saturated heterocycles. The van der Waals surface area contributed by atoms with Crippen molar-refractivity contribution in [1.29, 1.82) is 0 Å². The van der Waals surface area contributed by atoms with Gasteiger partial charge in [0.25, 0.3) is 5.91 Å². The highest BCUT2D eigenvalue weighted by atomic mass is 16.4. The molecule has 1 aliphatic heterocycles. The second-order valence-corrected chi connectivity index (χ2v) is 7.12. The van der Waals surface area contributed by atoms with Crippen molar-refractivity contribution in [1.82, 2.24) is 20.0 Å². The van der Waals surface area contributed by atoms with Gasteiger partial charge in [-0.1, -0.05) is 35.9 Å². The van der Waals surface area contributed by atoms with E-state index in [1.54, 1.807) is 0 Å². The fraction of sp³-hybridized carbons (Fsp3) is 0.318. The number of aromatic nitrogens is 2. The first-order valence-electron chi connectivity index (χ1n) is 9.65. The number of aryl methyl sites for hydroxylation is 1. The average molecular weight is 376 g/mol. The first-order chi connectivity index (χ1) is 13.7. The molecule has 0 atom stereocenters. The molecule has 2 aromatic carbocycles. The smallest absolute Gasteiger partial charge is 0.253 e. The number of hydrogen-bond acceptors (Lipinski definition) is 5. The number of amides is 1. The normalized spacial score (nSPS) is 15.0. The van der Waals surface area contributed by atoms with Crippen molar-refractivity contribution in [2.45, 2.75) is 13.3 Å². The van der Waals surface area contributed by atoms with Crippen LogP contribution >= 0.6 is 0 Å². The molecule has 28 heavy (non-hydrogen) atoms. The zero-order valence-corrected chi connectivity index (χ0v) is 16.0. The van der Waals surface area contributed by atoms with Gasteiger partial charge in [-0.25, -0.2) is 0 Å². The summed E-state index contributed by atoms with van der Waals surface area (Å²) in [4.78, 5) is 16.9. The third-order valence-electron chi connectivity index (χ3n) is 5.05. The summed E-state index contributed by atoms with van der Waals surface area (Å²) in [6, 6.07) is 17.6. The zero-order chi connectivity index (χ0) is 19.3. The van der Waals surface area contributed by atoms with Crippen LogP contribution < -0.4 is 0 Å². The molecule has 1 amide bonds. The Morgan fingerprint density at radius 1 is 1.00 bits per heavy atom. The molecule has 0 aliphatic carbocycles. The predicted molar refractivity (Wildman–Crippen MR) is 107 cm³/mol. The molecule has 0 spiro atoms. The van der Waals surface area contributed by atoms with Gasteiger partial charge in [0.15, 0.2) is 0 Å². The molecular formula is C22H24N4O2. The lowest BCUT2D eigenvalue weighted by Gasteiger charge is -2.34. The van der Waals surface area contributed by atoms with Crippen molar-refractivity contribution < 1.29 is 9.21 Å². The van der Waals surface area contributed by atoms with Crippen LogP contribution in [0.15, 0.2) is 59.0 Å². The van der Waals surface area contributed by atoms with Crippen LogP contribution in [0.5, 0.6) is 0 Å². The largest absolute Gasteiger partial charge is 0.421 e. The van der Waals surface area contributed by atoms with E-state index >= 15 is 0 Å². The molecule has 6 nitrogen and oxygen atoms in total. The first kappa shape index (κ1) is 18.4. The summed E-state index contributed by atoms with van der Waals surface area (Å²) >= 11 is 0. The molecule has 0 radical (unpaired) electrons. The molecule has 0 bridgehead atoms. The van der Waals surface area contributed by atoms with E-state index < -0.39 is 0 Å². The van der Waals surface area contributed by atoms with Gasteiger partial charge in [-0.2, -0.15) is 0 Å². The van der Waals surface area contributed by atoms with Crippen molar-refractivity contribution in [3.05, 3.63) is 71.6 Å². The molecule has 1 fully saturated rings. The Hall–Kier alpha value is -2.99. The lowest BCUT2D eigenvalue weighted by molar-refractivity contribution is 0.0636. The molecule has 6 heteroatoms. The lowest BCUT2D eigenvalue weighted by atomic mass is 10.1. The standard InChI is InChI=1S/C22H24N4O2/c1-17-6-5-9-19(16-17)22(27)26-14-12-25(13-15-26)11-10-20-23-24-21(28-20)18-7-3-2-4-8-18/h2-9,16H,10-15H2,1H3. The van der Waals surface area contributed by atoms with Crippen molar-refractivity contribution in [2.24, 2.45) is 0 Å². The van der Waals surface area contributed by atoms with Gasteiger partial charge in [-0.05, 0) is 31.2 Å². The lowest BCUT2D eigenvalue weighted by Crippen LogP contribution is -2.49. The van der Waals surface area contributed by atoms with Crippen LogP contribution in [0.3, 0.4) is 0 Å². The van der Waals surface area contributed by atoms with Gasteiger partial charge in [0.2, 0.25) is 11.8 Å². The fourth-order valence-electron chi connectivity index (χ4n) is 3.44. The highest BCUT2D eigenvalue weighted by Crippen LogP contribution is 2.17. The maximum Gasteiger partial charge on any atom is 0.253 e. The van der Waals surface area contributed by atoms with E-state index in [9.17, 15) is 4.79 Å². The Morgan fingerprint density at radius 3 is 2.54 bits per heavy atom. The van der Waals surface area contributed by atoms with E-state index in [1.165, 1.54) is 0 Å². The number of benzene rings is 2. The minimum atomic E-state index is 0.118. The van der Waals surface area contributed by atoms with Gasteiger partial charge in [0, 0.05) is 50.3 Å². The zero-order valence-electron chi connectivity index (χ0n) is 16.0. The summed E-state index contributed by atoms with van der Waals surface area (Å²) in [6.45, 7) is 6.06. The molecule has 2 heterocycles. The molecular weight excluding hydrogens is 352 g/mol. The molecule has 1 aliphatic rings. The first-order valence-corrected chi connectivity index (χ1v) is 9.65. The summed E-state index contributed by atoms with van der Waals surface area (Å²) < 4.78 is 5.78. The van der Waals surface area contributed by atoms with Gasteiger partial charge in [0.1, 0.15) is 0 Å². The molecule has 0 N–H and O–H groups in total. The van der Waals surface area contributed by atoms with Crippen molar-refractivity contribution in [2.75, 3.05) is 32.7 Å². The Balaban J connectivity index is 1.27. The van der Waals surface area contributed by atoms with Crippen LogP contribution in [0.1, 0.15) is 21.8 Å². The van der Waals surface area contributed by atoms with Gasteiger partial charge < -0.3 is 9.32 Å². The Kier molecular flexibility index (Phi) is 5.48. The van der Waals surface area contributed by atoms with Crippen molar-refractivity contribution in [3.8, 4) is 11.5 Å². The van der Waals surface area contributed by atoms with Crippen LogP contribution in [0.4, 0.5) is 0 Å². The van der Waals surface area contributed by atoms with E-state index in [-0.39, 0.29) is 5.91 Å². The maximum atomic E-state index is 12.6. The number of hydrogen-bond donors (Lipinski definition) is 0. The average Bonchev–Trinajstić information content (AvgIpc) is 3.22. The van der Waals surface area contributed by atoms with Gasteiger partial charge in [-0.3, -0.25) is 9.69 Å². The highest BCUT2D eigenvalue weighted by Gasteiger charge is 2.22. The van der Waals surface area contributed by atoms with Gasteiger partial charge in [-0.15, -0.1) is 10.2 Å². The van der Waals surface area contributed by atoms with Crippen LogP contribution in [0.25, 0.3) is 11.5 Å². The quantitative estimate of drug-likeness (QED) is 0.685. The van der Waals surface area contributed by atoms with E-state index in [1.807, 2.05) is 66.4 Å². The van der Waals surface area contributed by atoms with Crippen LogP contribution in [-0.2, 0) is 6.42 Å². The monoisotopic (exact) mass is 376 g/mol. The second-order valence-electron chi connectivity index (χ2n) is 7.12. The van der Waals surface area contributed by atoms with E-state index in [0.29, 0.717) is 18.2 Å². The number of rotatable bonds is 5.